The third kappa shape index (κ3) is 5.37. The van der Waals surface area contributed by atoms with Crippen LogP contribution in [0.15, 0.2) is 60.7 Å². The molecule has 2 heteroatoms. The second-order valence-electron chi connectivity index (χ2n) is 7.38. The maximum absolute atomic E-state index is 11.2. The summed E-state index contributed by atoms with van der Waals surface area (Å²) < 4.78 is 0. The highest BCUT2D eigenvalue weighted by atomic mass is 35.5. The molecule has 0 N–H and O–H groups in total. The smallest absolute Gasteiger partial charge is 0.150 e. The van der Waals surface area contributed by atoms with Crippen LogP contribution in [0.2, 0.25) is 5.02 Å². The summed E-state index contributed by atoms with van der Waals surface area (Å²) >= 11 is 6.25. The van der Waals surface area contributed by atoms with Crippen LogP contribution in [0, 0.1) is 25.7 Å². The van der Waals surface area contributed by atoms with E-state index in [-0.39, 0.29) is 5.92 Å². The third-order valence-electron chi connectivity index (χ3n) is 5.30. The number of carbonyl (C=O) groups excluding carboxylic acids is 1. The summed E-state index contributed by atoms with van der Waals surface area (Å²) in [6.45, 7) is 6.31. The predicted molar refractivity (Wildman–Crippen MR) is 122 cm³/mol. The molecule has 1 unspecified atom stereocenters. The molecule has 0 radical (unpaired) electrons. The Morgan fingerprint density at radius 1 is 1.00 bits per heavy atom. The summed E-state index contributed by atoms with van der Waals surface area (Å²) in [5.41, 5.74) is 7.65. The molecule has 0 spiro atoms. The van der Waals surface area contributed by atoms with Crippen molar-refractivity contribution in [3.63, 3.8) is 0 Å². The maximum Gasteiger partial charge on any atom is 0.150 e. The zero-order chi connectivity index (χ0) is 20.8. The van der Waals surface area contributed by atoms with Gasteiger partial charge in [-0.3, -0.25) is 4.79 Å². The van der Waals surface area contributed by atoms with Gasteiger partial charge in [-0.1, -0.05) is 66.8 Å². The van der Waals surface area contributed by atoms with E-state index in [0.29, 0.717) is 0 Å². The Bertz CT molecular complexity index is 1090. The Hall–Kier alpha value is -2.82. The van der Waals surface area contributed by atoms with Crippen molar-refractivity contribution in [3.8, 4) is 11.8 Å². The molecule has 1 nitrogen and oxygen atoms in total. The fraction of sp³-hybridized carbons (Fsp3) is 0.222. The molecule has 0 saturated heterocycles. The highest BCUT2D eigenvalue weighted by Gasteiger charge is 2.11. The van der Waals surface area contributed by atoms with E-state index >= 15 is 0 Å². The van der Waals surface area contributed by atoms with Gasteiger partial charge in [-0.05, 0) is 78.8 Å². The van der Waals surface area contributed by atoms with Crippen molar-refractivity contribution in [1.82, 2.24) is 0 Å². The van der Waals surface area contributed by atoms with E-state index in [4.69, 9.17) is 11.6 Å². The summed E-state index contributed by atoms with van der Waals surface area (Å²) in [7, 11) is 0. The summed E-state index contributed by atoms with van der Waals surface area (Å²) in [4.78, 5) is 11.2. The average Bonchev–Trinajstić information content (AvgIpc) is 2.73. The van der Waals surface area contributed by atoms with E-state index in [1.807, 2.05) is 43.3 Å². The van der Waals surface area contributed by atoms with Gasteiger partial charge >= 0.3 is 0 Å². The van der Waals surface area contributed by atoms with E-state index in [9.17, 15) is 4.79 Å². The van der Waals surface area contributed by atoms with Crippen molar-refractivity contribution >= 4 is 17.9 Å². The lowest BCUT2D eigenvalue weighted by molar-refractivity contribution is 0.112. The van der Waals surface area contributed by atoms with Crippen molar-refractivity contribution < 1.29 is 4.79 Å². The van der Waals surface area contributed by atoms with E-state index in [0.717, 1.165) is 46.4 Å². The standard InChI is InChI=1S/C27H25ClO/c1-4-23-15-21(11-13-26(23)18-29)10-12-25(24-6-5-7-27(28)17-24)16-22-9-8-19(2)20(3)14-22/h5-9,11,13-15,17-18,25H,4,16H2,1-3H3. The Morgan fingerprint density at radius 2 is 1.83 bits per heavy atom. The molecule has 0 bridgehead atoms. The van der Waals surface area contributed by atoms with Crippen LogP contribution in [0.3, 0.4) is 0 Å². The zero-order valence-electron chi connectivity index (χ0n) is 17.1. The molecule has 3 rings (SSSR count). The number of carbonyl (C=O) groups is 1. The van der Waals surface area contributed by atoms with Crippen molar-refractivity contribution in [2.45, 2.75) is 39.5 Å². The lowest BCUT2D eigenvalue weighted by atomic mass is 9.91. The van der Waals surface area contributed by atoms with Crippen LogP contribution in [-0.2, 0) is 12.8 Å². The lowest BCUT2D eigenvalue weighted by Gasteiger charge is -2.13. The lowest BCUT2D eigenvalue weighted by Crippen LogP contribution is -2.02. The Kier molecular flexibility index (Phi) is 6.91. The van der Waals surface area contributed by atoms with Crippen molar-refractivity contribution in [2.75, 3.05) is 0 Å². The number of aryl methyl sites for hydroxylation is 3. The largest absolute Gasteiger partial charge is 0.298 e. The van der Waals surface area contributed by atoms with Crippen LogP contribution in [0.5, 0.6) is 0 Å². The predicted octanol–water partition coefficient (Wildman–Crippen LogP) is 6.71. The first-order valence-electron chi connectivity index (χ1n) is 9.91. The Labute approximate surface area is 178 Å². The zero-order valence-corrected chi connectivity index (χ0v) is 17.9. The summed E-state index contributed by atoms with van der Waals surface area (Å²) in [5, 5.41) is 0.720. The van der Waals surface area contributed by atoms with Crippen LogP contribution in [-0.4, -0.2) is 6.29 Å². The van der Waals surface area contributed by atoms with Gasteiger partial charge in [-0.2, -0.15) is 0 Å². The van der Waals surface area contributed by atoms with E-state index in [1.54, 1.807) is 0 Å². The van der Waals surface area contributed by atoms with Crippen molar-refractivity contribution in [3.05, 3.63) is 105 Å². The average molecular weight is 401 g/mol. The molecule has 146 valence electrons. The minimum absolute atomic E-state index is 0.0339. The topological polar surface area (TPSA) is 17.1 Å². The van der Waals surface area contributed by atoms with Crippen LogP contribution in [0.4, 0.5) is 0 Å². The second kappa shape index (κ2) is 9.59. The molecule has 3 aromatic rings. The normalized spacial score (nSPS) is 11.4. The molecular weight excluding hydrogens is 376 g/mol. The number of hydrogen-bond donors (Lipinski definition) is 0. The van der Waals surface area contributed by atoms with Gasteiger partial charge < -0.3 is 0 Å². The van der Waals surface area contributed by atoms with Crippen molar-refractivity contribution in [1.29, 1.82) is 0 Å². The minimum atomic E-state index is 0.0339. The molecule has 0 aliphatic rings. The van der Waals surface area contributed by atoms with Gasteiger partial charge in [0.05, 0.1) is 0 Å². The number of hydrogen-bond acceptors (Lipinski definition) is 1. The molecule has 0 aliphatic carbocycles. The Balaban J connectivity index is 1.97. The monoisotopic (exact) mass is 400 g/mol. The van der Waals surface area contributed by atoms with Gasteiger partial charge in [0.25, 0.3) is 0 Å². The second-order valence-corrected chi connectivity index (χ2v) is 7.82. The first kappa shape index (κ1) is 20.9. The third-order valence-corrected chi connectivity index (χ3v) is 5.54. The molecular formula is C27H25ClO. The highest BCUT2D eigenvalue weighted by molar-refractivity contribution is 6.30. The van der Waals surface area contributed by atoms with E-state index in [1.165, 1.54) is 16.7 Å². The number of aldehydes is 1. The number of benzene rings is 3. The highest BCUT2D eigenvalue weighted by Crippen LogP contribution is 2.24. The number of rotatable bonds is 5. The van der Waals surface area contributed by atoms with Crippen LogP contribution in [0.1, 0.15) is 56.6 Å². The molecule has 0 saturated carbocycles. The molecule has 0 aromatic heterocycles. The van der Waals surface area contributed by atoms with Gasteiger partial charge in [0.15, 0.2) is 0 Å². The molecule has 0 aliphatic heterocycles. The van der Waals surface area contributed by atoms with Gasteiger partial charge in [-0.25, -0.2) is 0 Å². The fourth-order valence-corrected chi connectivity index (χ4v) is 3.62. The van der Waals surface area contributed by atoms with Gasteiger partial charge in [0, 0.05) is 22.1 Å². The van der Waals surface area contributed by atoms with Gasteiger partial charge in [-0.15, -0.1) is 0 Å². The van der Waals surface area contributed by atoms with Gasteiger partial charge in [0.2, 0.25) is 0 Å². The van der Waals surface area contributed by atoms with Crippen molar-refractivity contribution in [2.24, 2.45) is 0 Å². The van der Waals surface area contributed by atoms with Gasteiger partial charge in [0.1, 0.15) is 6.29 Å². The summed E-state index contributed by atoms with van der Waals surface area (Å²) in [6, 6.07) is 20.3. The molecule has 0 heterocycles. The quantitative estimate of drug-likeness (QED) is 0.343. The SMILES string of the molecule is CCc1cc(C#CC(Cc2ccc(C)c(C)c2)c2cccc(Cl)c2)ccc1C=O. The Morgan fingerprint density at radius 3 is 2.52 bits per heavy atom. The maximum atomic E-state index is 11.2. The van der Waals surface area contributed by atoms with E-state index in [2.05, 4.69) is 50.0 Å². The first-order chi connectivity index (χ1) is 14.0. The van der Waals surface area contributed by atoms with Crippen LogP contribution < -0.4 is 0 Å². The van der Waals surface area contributed by atoms with Crippen LogP contribution >= 0.6 is 11.6 Å². The minimum Gasteiger partial charge on any atom is -0.298 e. The molecule has 0 fully saturated rings. The fourth-order valence-electron chi connectivity index (χ4n) is 3.42. The molecule has 29 heavy (non-hydrogen) atoms. The summed E-state index contributed by atoms with van der Waals surface area (Å²) in [5.74, 6) is 6.81. The molecule has 0 amide bonds. The first-order valence-corrected chi connectivity index (χ1v) is 10.3. The summed E-state index contributed by atoms with van der Waals surface area (Å²) in [6.07, 6.45) is 2.54. The molecule has 1 atom stereocenters. The molecule has 3 aromatic carbocycles. The van der Waals surface area contributed by atoms with E-state index < -0.39 is 0 Å². The number of halogens is 1. The van der Waals surface area contributed by atoms with Crippen LogP contribution in [0.25, 0.3) is 0 Å².